The average molecular weight is 452 g/mol. The highest BCUT2D eigenvalue weighted by Gasteiger charge is 2.52. The summed E-state index contributed by atoms with van der Waals surface area (Å²) in [4.78, 5) is 64.3. The zero-order valence-corrected chi connectivity index (χ0v) is 18.4. The lowest BCUT2D eigenvalue weighted by atomic mass is 9.89. The van der Waals surface area contributed by atoms with Crippen LogP contribution in [0.1, 0.15) is 56.4 Å². The van der Waals surface area contributed by atoms with E-state index in [-0.39, 0.29) is 36.4 Å². The van der Waals surface area contributed by atoms with E-state index in [0.29, 0.717) is 11.1 Å². The molecule has 2 N–H and O–H groups in total. The molecule has 2 aromatic rings. The van der Waals surface area contributed by atoms with Crippen LogP contribution < -0.4 is 10.6 Å². The smallest absolute Gasteiger partial charge is 0.262 e. The molecule has 0 saturated carbocycles. The second kappa shape index (κ2) is 8.23. The normalized spacial score (nSPS) is 20.2. The molecule has 0 aliphatic carbocycles. The number of imide groups is 2. The lowest BCUT2D eigenvalue weighted by Gasteiger charge is -2.38. The third-order valence-electron chi connectivity index (χ3n) is 5.83. The molecule has 0 radical (unpaired) electrons. The number of amides is 5. The van der Waals surface area contributed by atoms with Crippen molar-refractivity contribution in [1.29, 1.82) is 0 Å². The summed E-state index contributed by atoms with van der Waals surface area (Å²) in [5, 5.41) is 5.02. The standard InChI is InChI=1S/C23H21N3O5S/c1-23(10-9-18(27)25-22(23)31)26-20(29)16-8-3-13(11-17(16)21(26)30)12-24-19(28)14-4-6-15(32-2)7-5-14/h3-8,11H,9-10,12H2,1-2H3,(H,24,28)(H,25,27,31). The first-order chi connectivity index (χ1) is 15.2. The van der Waals surface area contributed by atoms with Crippen molar-refractivity contribution in [3.05, 3.63) is 64.7 Å². The van der Waals surface area contributed by atoms with E-state index >= 15 is 0 Å². The average Bonchev–Trinajstić information content (AvgIpc) is 3.05. The summed E-state index contributed by atoms with van der Waals surface area (Å²) in [6.07, 6.45) is 2.07. The fraction of sp³-hybridized carbons (Fsp3) is 0.261. The molecular weight excluding hydrogens is 430 g/mol. The number of carbonyl (C=O) groups excluding carboxylic acids is 5. The van der Waals surface area contributed by atoms with Crippen molar-refractivity contribution < 1.29 is 24.0 Å². The highest BCUT2D eigenvalue weighted by molar-refractivity contribution is 7.98. The molecule has 1 fully saturated rings. The van der Waals surface area contributed by atoms with Gasteiger partial charge in [0.05, 0.1) is 11.1 Å². The summed E-state index contributed by atoms with van der Waals surface area (Å²) in [6.45, 7) is 1.66. The van der Waals surface area contributed by atoms with Gasteiger partial charge >= 0.3 is 0 Å². The van der Waals surface area contributed by atoms with Crippen molar-refractivity contribution in [2.24, 2.45) is 0 Å². The van der Waals surface area contributed by atoms with Gasteiger partial charge in [0.2, 0.25) is 5.91 Å². The molecule has 0 aromatic heterocycles. The molecule has 0 bridgehead atoms. The van der Waals surface area contributed by atoms with Gasteiger partial charge in [0.25, 0.3) is 23.6 Å². The number of benzene rings is 2. The lowest BCUT2D eigenvalue weighted by molar-refractivity contribution is -0.140. The van der Waals surface area contributed by atoms with Gasteiger partial charge in [-0.2, -0.15) is 0 Å². The van der Waals surface area contributed by atoms with Gasteiger partial charge < -0.3 is 5.32 Å². The van der Waals surface area contributed by atoms with E-state index in [4.69, 9.17) is 0 Å². The van der Waals surface area contributed by atoms with Gasteiger partial charge in [0, 0.05) is 23.4 Å². The quantitative estimate of drug-likeness (QED) is 0.532. The van der Waals surface area contributed by atoms with Gasteiger partial charge in [-0.05, 0) is 61.6 Å². The summed E-state index contributed by atoms with van der Waals surface area (Å²) in [5.74, 6) is -2.49. The number of fused-ring (bicyclic) bond motifs is 1. The Balaban J connectivity index is 1.51. The van der Waals surface area contributed by atoms with Gasteiger partial charge in [-0.3, -0.25) is 34.2 Å². The molecule has 2 aliphatic heterocycles. The van der Waals surface area contributed by atoms with Crippen LogP contribution in [0.25, 0.3) is 0 Å². The summed E-state index contributed by atoms with van der Waals surface area (Å²) in [6, 6.07) is 12.0. The van der Waals surface area contributed by atoms with Crippen molar-refractivity contribution in [2.45, 2.75) is 36.7 Å². The van der Waals surface area contributed by atoms with E-state index in [1.54, 1.807) is 36.0 Å². The number of thioether (sulfide) groups is 1. The first kappa shape index (κ1) is 21.8. The third-order valence-corrected chi connectivity index (χ3v) is 6.57. The summed E-state index contributed by atoms with van der Waals surface area (Å²) < 4.78 is 0. The molecule has 164 valence electrons. The number of hydrogen-bond acceptors (Lipinski definition) is 6. The van der Waals surface area contributed by atoms with Crippen LogP contribution in [0.15, 0.2) is 47.4 Å². The Bertz CT molecular complexity index is 1160. The van der Waals surface area contributed by atoms with Crippen LogP contribution in [-0.2, 0) is 16.1 Å². The van der Waals surface area contributed by atoms with Crippen LogP contribution in [0.4, 0.5) is 0 Å². The maximum atomic E-state index is 13.1. The predicted molar refractivity (Wildman–Crippen MR) is 117 cm³/mol. The van der Waals surface area contributed by atoms with E-state index in [1.165, 1.54) is 13.0 Å². The molecule has 9 heteroatoms. The first-order valence-electron chi connectivity index (χ1n) is 10.0. The van der Waals surface area contributed by atoms with Gasteiger partial charge in [-0.1, -0.05) is 6.07 Å². The highest BCUT2D eigenvalue weighted by atomic mass is 32.2. The van der Waals surface area contributed by atoms with Crippen molar-refractivity contribution in [3.63, 3.8) is 0 Å². The number of nitrogens with one attached hydrogen (secondary N) is 2. The number of nitrogens with zero attached hydrogens (tertiary/aromatic N) is 1. The zero-order chi connectivity index (χ0) is 23.0. The molecular formula is C23H21N3O5S. The molecule has 0 spiro atoms. The molecule has 5 amide bonds. The van der Waals surface area contributed by atoms with Gasteiger partial charge in [0.15, 0.2) is 0 Å². The molecule has 32 heavy (non-hydrogen) atoms. The molecule has 1 saturated heterocycles. The summed E-state index contributed by atoms with van der Waals surface area (Å²) >= 11 is 1.58. The minimum atomic E-state index is -1.43. The SMILES string of the molecule is CSc1ccc(C(=O)NCc2ccc3c(c2)C(=O)N(C2(C)CCC(=O)NC2=O)C3=O)cc1. The molecule has 1 unspecified atom stereocenters. The number of carbonyl (C=O) groups is 5. The van der Waals surface area contributed by atoms with Crippen molar-refractivity contribution in [1.82, 2.24) is 15.5 Å². The van der Waals surface area contributed by atoms with E-state index in [1.807, 2.05) is 18.4 Å². The van der Waals surface area contributed by atoms with Crippen LogP contribution >= 0.6 is 11.8 Å². The van der Waals surface area contributed by atoms with Gasteiger partial charge in [-0.15, -0.1) is 11.8 Å². The monoisotopic (exact) mass is 451 g/mol. The van der Waals surface area contributed by atoms with E-state index < -0.39 is 29.2 Å². The van der Waals surface area contributed by atoms with Gasteiger partial charge in [-0.25, -0.2) is 0 Å². The minimum absolute atomic E-state index is 0.0465. The molecule has 2 heterocycles. The molecule has 4 rings (SSSR count). The van der Waals surface area contributed by atoms with E-state index in [9.17, 15) is 24.0 Å². The van der Waals surface area contributed by atoms with Crippen molar-refractivity contribution in [2.75, 3.05) is 6.26 Å². The lowest BCUT2D eigenvalue weighted by Crippen LogP contribution is -2.62. The maximum absolute atomic E-state index is 13.1. The Morgan fingerprint density at radius 3 is 2.41 bits per heavy atom. The molecule has 8 nitrogen and oxygen atoms in total. The summed E-state index contributed by atoms with van der Waals surface area (Å²) in [7, 11) is 0. The molecule has 2 aliphatic rings. The molecule has 2 aromatic carbocycles. The number of hydrogen-bond donors (Lipinski definition) is 2. The first-order valence-corrected chi connectivity index (χ1v) is 11.3. The molecule has 1 atom stereocenters. The highest BCUT2D eigenvalue weighted by Crippen LogP contribution is 2.34. The van der Waals surface area contributed by atoms with Crippen LogP contribution in [-0.4, -0.2) is 46.2 Å². The Kier molecular flexibility index (Phi) is 5.60. The van der Waals surface area contributed by atoms with E-state index in [0.717, 1.165) is 9.80 Å². The predicted octanol–water partition coefficient (Wildman–Crippen LogP) is 2.13. The summed E-state index contributed by atoms with van der Waals surface area (Å²) in [5.41, 5.74) is 0.111. The van der Waals surface area contributed by atoms with Crippen LogP contribution in [0.3, 0.4) is 0 Å². The fourth-order valence-corrected chi connectivity index (χ4v) is 4.29. The van der Waals surface area contributed by atoms with Gasteiger partial charge in [0.1, 0.15) is 5.54 Å². The number of piperidine rings is 1. The van der Waals surface area contributed by atoms with Crippen LogP contribution in [0, 0.1) is 0 Å². The Morgan fingerprint density at radius 2 is 1.75 bits per heavy atom. The van der Waals surface area contributed by atoms with Crippen molar-refractivity contribution >= 4 is 41.3 Å². The fourth-order valence-electron chi connectivity index (χ4n) is 3.88. The second-order valence-electron chi connectivity index (χ2n) is 7.89. The Morgan fingerprint density at radius 1 is 1.06 bits per heavy atom. The number of rotatable bonds is 5. The minimum Gasteiger partial charge on any atom is -0.348 e. The topological polar surface area (TPSA) is 113 Å². The van der Waals surface area contributed by atoms with Crippen LogP contribution in [0.2, 0.25) is 0 Å². The van der Waals surface area contributed by atoms with Crippen LogP contribution in [0.5, 0.6) is 0 Å². The third kappa shape index (κ3) is 3.69. The van der Waals surface area contributed by atoms with Crippen molar-refractivity contribution in [3.8, 4) is 0 Å². The second-order valence-corrected chi connectivity index (χ2v) is 8.77. The van der Waals surface area contributed by atoms with E-state index in [2.05, 4.69) is 10.6 Å². The largest absolute Gasteiger partial charge is 0.348 e. The zero-order valence-electron chi connectivity index (χ0n) is 17.6. The Hall–Kier alpha value is -3.46. The maximum Gasteiger partial charge on any atom is 0.262 e. The Labute approximate surface area is 188 Å².